The molecule has 6 nitrogen and oxygen atoms in total. The summed E-state index contributed by atoms with van der Waals surface area (Å²) in [5, 5.41) is 0. The van der Waals surface area contributed by atoms with Crippen LogP contribution in [0.5, 0.6) is 0 Å². The Bertz CT molecular complexity index is 1280. The van der Waals surface area contributed by atoms with E-state index in [9.17, 15) is 14.0 Å². The molecule has 1 N–H and O–H groups in total. The molecule has 0 aliphatic carbocycles. The lowest BCUT2D eigenvalue weighted by Gasteiger charge is -2.18. The number of benzene rings is 2. The van der Waals surface area contributed by atoms with E-state index >= 15 is 0 Å². The molecule has 2 aliphatic heterocycles. The second kappa shape index (κ2) is 7.58. The minimum absolute atomic E-state index is 0.157. The van der Waals surface area contributed by atoms with Crippen LogP contribution in [0.15, 0.2) is 46.0 Å². The van der Waals surface area contributed by atoms with E-state index in [-0.39, 0.29) is 17.3 Å². The van der Waals surface area contributed by atoms with Crippen molar-refractivity contribution in [2.24, 2.45) is 0 Å². The van der Waals surface area contributed by atoms with E-state index in [4.69, 9.17) is 0 Å². The third-order valence-electron chi connectivity index (χ3n) is 5.21. The molecule has 2 aromatic carbocycles. The number of hydrogen-bond acceptors (Lipinski definition) is 4. The van der Waals surface area contributed by atoms with Gasteiger partial charge in [0.15, 0.2) is 11.5 Å². The number of fused-ring (bicyclic) bond motifs is 2. The first-order valence-electron chi connectivity index (χ1n) is 9.65. The van der Waals surface area contributed by atoms with Crippen LogP contribution in [0.1, 0.15) is 30.0 Å². The van der Waals surface area contributed by atoms with Gasteiger partial charge in [-0.2, -0.15) is 4.98 Å². The molecule has 0 atom stereocenters. The summed E-state index contributed by atoms with van der Waals surface area (Å²) in [5.41, 5.74) is 3.79. The fourth-order valence-corrected chi connectivity index (χ4v) is 3.69. The standard InChI is InChI=1S/C22H21FN4O2/c1-3-15-12-17-18(11-13(15)2)27(10-4-5-14-6-8-16(23)9-7-14)20-19(24-17)21(28)26-22(29)25-20/h6-9,11-12H,3-5,10H2,1-2H3,(H,26,28,29). The predicted octanol–water partition coefficient (Wildman–Crippen LogP) is 3.23. The number of halogens is 1. The van der Waals surface area contributed by atoms with Gasteiger partial charge in [0.2, 0.25) is 0 Å². The van der Waals surface area contributed by atoms with Crippen molar-refractivity contribution in [2.75, 3.05) is 0 Å². The van der Waals surface area contributed by atoms with Gasteiger partial charge < -0.3 is 4.57 Å². The maximum absolute atomic E-state index is 13.1. The minimum atomic E-state index is -0.683. The largest absolute Gasteiger partial charge is 0.349 e. The summed E-state index contributed by atoms with van der Waals surface area (Å²) in [7, 11) is 0. The van der Waals surface area contributed by atoms with Crippen LogP contribution in [0.4, 0.5) is 4.39 Å². The third-order valence-corrected chi connectivity index (χ3v) is 5.21. The van der Waals surface area contributed by atoms with E-state index in [1.807, 2.05) is 23.6 Å². The Kier molecular flexibility index (Phi) is 4.96. The molecule has 4 rings (SSSR count). The Morgan fingerprint density at radius 2 is 1.86 bits per heavy atom. The molecular weight excluding hydrogens is 371 g/mol. The number of nitrogens with zero attached hydrogens (tertiary/aromatic N) is 3. The normalized spacial score (nSPS) is 11.4. The summed E-state index contributed by atoms with van der Waals surface area (Å²) in [4.78, 5) is 34.9. The Hall–Kier alpha value is -3.35. The van der Waals surface area contributed by atoms with Gasteiger partial charge in [-0.15, -0.1) is 0 Å². The van der Waals surface area contributed by atoms with Gasteiger partial charge in [-0.3, -0.25) is 9.78 Å². The molecule has 0 unspecified atom stereocenters. The number of rotatable bonds is 5. The third kappa shape index (κ3) is 3.68. The average molecular weight is 392 g/mol. The summed E-state index contributed by atoms with van der Waals surface area (Å²) < 4.78 is 15.0. The van der Waals surface area contributed by atoms with Gasteiger partial charge in [-0.1, -0.05) is 19.1 Å². The van der Waals surface area contributed by atoms with Crippen LogP contribution in [0.25, 0.3) is 22.6 Å². The van der Waals surface area contributed by atoms with Crippen molar-refractivity contribution in [3.8, 4) is 11.5 Å². The fourth-order valence-electron chi connectivity index (χ4n) is 3.69. The predicted molar refractivity (Wildman–Crippen MR) is 110 cm³/mol. The van der Waals surface area contributed by atoms with Crippen LogP contribution in [0.3, 0.4) is 0 Å². The van der Waals surface area contributed by atoms with Crippen molar-refractivity contribution < 1.29 is 4.39 Å². The lowest BCUT2D eigenvalue weighted by Crippen LogP contribution is -2.29. The van der Waals surface area contributed by atoms with E-state index in [0.717, 1.165) is 41.5 Å². The number of hydrogen-bond donors (Lipinski definition) is 1. The molecule has 0 fully saturated rings. The number of H-pyrrole nitrogens is 1. The van der Waals surface area contributed by atoms with E-state index in [1.54, 1.807) is 12.1 Å². The Morgan fingerprint density at radius 3 is 2.59 bits per heavy atom. The average Bonchev–Trinajstić information content (AvgIpc) is 2.69. The molecule has 0 aromatic heterocycles. The van der Waals surface area contributed by atoms with Gasteiger partial charge in [0.1, 0.15) is 5.82 Å². The molecule has 0 bridgehead atoms. The van der Waals surface area contributed by atoms with Gasteiger partial charge in [0.25, 0.3) is 5.56 Å². The molecule has 0 spiro atoms. The van der Waals surface area contributed by atoms with Gasteiger partial charge in [-0.05, 0) is 67.1 Å². The number of aryl methyl sites for hydroxylation is 4. The summed E-state index contributed by atoms with van der Waals surface area (Å²) in [6.45, 7) is 4.66. The molecular formula is C22H21FN4O2. The highest BCUT2D eigenvalue weighted by Crippen LogP contribution is 2.25. The highest BCUT2D eigenvalue weighted by atomic mass is 19.1. The van der Waals surface area contributed by atoms with Crippen molar-refractivity contribution in [2.45, 2.75) is 39.7 Å². The van der Waals surface area contributed by atoms with Crippen LogP contribution in [-0.2, 0) is 19.4 Å². The number of aromatic nitrogens is 4. The van der Waals surface area contributed by atoms with Crippen molar-refractivity contribution in [1.82, 2.24) is 19.5 Å². The zero-order valence-corrected chi connectivity index (χ0v) is 16.3. The molecule has 0 amide bonds. The molecule has 0 saturated heterocycles. The summed E-state index contributed by atoms with van der Waals surface area (Å²) in [6, 6.07) is 10.4. The SMILES string of the molecule is CCc1cc2nc3c(=O)[nH]c(=O)nc-3n(CCCc3ccc(F)cc3)c2cc1C. The van der Waals surface area contributed by atoms with Crippen molar-refractivity contribution >= 4 is 11.0 Å². The second-order valence-corrected chi connectivity index (χ2v) is 7.16. The van der Waals surface area contributed by atoms with Crippen LogP contribution in [-0.4, -0.2) is 19.5 Å². The molecule has 148 valence electrons. The van der Waals surface area contributed by atoms with Crippen molar-refractivity contribution in [1.29, 1.82) is 0 Å². The first-order valence-corrected chi connectivity index (χ1v) is 9.65. The van der Waals surface area contributed by atoms with Gasteiger partial charge in [0.05, 0.1) is 11.0 Å². The van der Waals surface area contributed by atoms with Crippen molar-refractivity contribution in [3.63, 3.8) is 0 Å². The van der Waals surface area contributed by atoms with E-state index in [1.165, 1.54) is 12.1 Å². The van der Waals surface area contributed by atoms with Gasteiger partial charge >= 0.3 is 5.69 Å². The van der Waals surface area contributed by atoms with Crippen LogP contribution in [0, 0.1) is 12.7 Å². The topological polar surface area (TPSA) is 80.6 Å². The lowest BCUT2D eigenvalue weighted by atomic mass is 10.0. The maximum Gasteiger partial charge on any atom is 0.349 e. The summed E-state index contributed by atoms with van der Waals surface area (Å²) in [5.74, 6) is 0.0249. The Morgan fingerprint density at radius 1 is 1.10 bits per heavy atom. The smallest absolute Gasteiger partial charge is 0.322 e. The highest BCUT2D eigenvalue weighted by Gasteiger charge is 2.19. The van der Waals surface area contributed by atoms with Crippen LogP contribution >= 0.6 is 0 Å². The zero-order valence-electron chi connectivity index (χ0n) is 16.3. The lowest BCUT2D eigenvalue weighted by molar-refractivity contribution is 0.624. The first kappa shape index (κ1) is 19.0. The second-order valence-electron chi connectivity index (χ2n) is 7.16. The quantitative estimate of drug-likeness (QED) is 0.529. The molecule has 0 radical (unpaired) electrons. The zero-order chi connectivity index (χ0) is 20.5. The van der Waals surface area contributed by atoms with Crippen molar-refractivity contribution in [3.05, 3.63) is 79.7 Å². The molecule has 2 aliphatic rings. The molecule has 2 aromatic rings. The first-order chi connectivity index (χ1) is 14.0. The molecule has 2 heterocycles. The van der Waals surface area contributed by atoms with E-state index in [0.29, 0.717) is 12.1 Å². The number of nitrogens with one attached hydrogen (secondary N) is 1. The van der Waals surface area contributed by atoms with Crippen LogP contribution in [0.2, 0.25) is 0 Å². The maximum atomic E-state index is 13.1. The highest BCUT2D eigenvalue weighted by molar-refractivity contribution is 5.81. The Balaban J connectivity index is 1.81. The van der Waals surface area contributed by atoms with Gasteiger partial charge in [-0.25, -0.2) is 14.2 Å². The van der Waals surface area contributed by atoms with E-state index in [2.05, 4.69) is 21.9 Å². The minimum Gasteiger partial charge on any atom is -0.322 e. The van der Waals surface area contributed by atoms with Crippen LogP contribution < -0.4 is 11.2 Å². The number of aromatic amines is 1. The molecule has 29 heavy (non-hydrogen) atoms. The molecule has 0 saturated carbocycles. The van der Waals surface area contributed by atoms with Gasteiger partial charge in [0, 0.05) is 6.54 Å². The monoisotopic (exact) mass is 392 g/mol. The summed E-state index contributed by atoms with van der Waals surface area (Å²) >= 11 is 0. The fraction of sp³-hybridized carbons (Fsp3) is 0.273. The van der Waals surface area contributed by atoms with E-state index < -0.39 is 11.2 Å². The molecule has 7 heteroatoms. The Labute approximate surface area is 166 Å². The summed E-state index contributed by atoms with van der Waals surface area (Å²) in [6.07, 6.45) is 2.33.